The predicted octanol–water partition coefficient (Wildman–Crippen LogP) is 1.92. The maximum atomic E-state index is 9.59. The van der Waals surface area contributed by atoms with Crippen LogP contribution in [0, 0.1) is 5.92 Å². The van der Waals surface area contributed by atoms with Crippen molar-refractivity contribution in [1.82, 2.24) is 0 Å². The van der Waals surface area contributed by atoms with Gasteiger partial charge in [0.05, 0.1) is 0 Å². The third-order valence-electron chi connectivity index (χ3n) is 2.32. The zero-order chi connectivity index (χ0) is 8.32. The van der Waals surface area contributed by atoms with Crippen LogP contribution in [-0.4, -0.2) is 17.5 Å². The first-order valence-corrected chi connectivity index (χ1v) is 4.59. The highest BCUT2D eigenvalue weighted by molar-refractivity contribution is 4.95. The molecule has 2 unspecified atom stereocenters. The number of hydrogen-bond acceptors (Lipinski definition) is 2. The lowest BCUT2D eigenvalue weighted by atomic mass is 10.2. The molecule has 0 aromatic carbocycles. The maximum Gasteiger partial charge on any atom is 0.168 e. The van der Waals surface area contributed by atoms with Crippen LogP contribution >= 0.6 is 0 Å². The van der Waals surface area contributed by atoms with Gasteiger partial charge < -0.3 is 9.84 Å². The molecule has 0 radical (unpaired) electrons. The summed E-state index contributed by atoms with van der Waals surface area (Å²) >= 11 is 0. The van der Waals surface area contributed by atoms with Crippen LogP contribution in [-0.2, 0) is 4.74 Å². The van der Waals surface area contributed by atoms with E-state index in [0.29, 0.717) is 12.5 Å². The molecular formula is C9H18O2. The van der Waals surface area contributed by atoms with E-state index in [4.69, 9.17) is 4.74 Å². The predicted molar refractivity (Wildman–Crippen MR) is 44.2 cm³/mol. The van der Waals surface area contributed by atoms with Gasteiger partial charge in [-0.05, 0) is 13.3 Å². The van der Waals surface area contributed by atoms with Gasteiger partial charge in [0.15, 0.2) is 5.79 Å². The SMILES string of the molecule is CCCCC1CC1(O)OCC. The van der Waals surface area contributed by atoms with E-state index < -0.39 is 5.79 Å². The van der Waals surface area contributed by atoms with Gasteiger partial charge >= 0.3 is 0 Å². The number of rotatable bonds is 5. The highest BCUT2D eigenvalue weighted by Gasteiger charge is 2.53. The highest BCUT2D eigenvalue weighted by Crippen LogP contribution is 2.47. The van der Waals surface area contributed by atoms with Crippen LogP contribution in [0.25, 0.3) is 0 Å². The Morgan fingerprint density at radius 1 is 1.55 bits per heavy atom. The summed E-state index contributed by atoms with van der Waals surface area (Å²) in [5, 5.41) is 9.59. The Bertz CT molecular complexity index is 125. The van der Waals surface area contributed by atoms with Crippen molar-refractivity contribution in [1.29, 1.82) is 0 Å². The summed E-state index contributed by atoms with van der Waals surface area (Å²) in [6.07, 6.45) is 4.38. The Morgan fingerprint density at radius 3 is 2.82 bits per heavy atom. The van der Waals surface area contributed by atoms with Gasteiger partial charge in [0.1, 0.15) is 0 Å². The minimum atomic E-state index is -0.732. The standard InChI is InChI=1S/C9H18O2/c1-3-5-6-8-7-9(8,10)11-4-2/h8,10H,3-7H2,1-2H3. The average Bonchev–Trinajstić information content (AvgIpc) is 2.58. The Morgan fingerprint density at radius 2 is 2.27 bits per heavy atom. The zero-order valence-electron chi connectivity index (χ0n) is 7.47. The molecule has 11 heavy (non-hydrogen) atoms. The molecule has 1 aliphatic carbocycles. The van der Waals surface area contributed by atoms with E-state index in [2.05, 4.69) is 6.92 Å². The summed E-state index contributed by atoms with van der Waals surface area (Å²) in [4.78, 5) is 0. The van der Waals surface area contributed by atoms with Crippen molar-refractivity contribution in [3.63, 3.8) is 0 Å². The molecule has 0 amide bonds. The molecule has 2 nitrogen and oxygen atoms in total. The Balaban J connectivity index is 2.12. The van der Waals surface area contributed by atoms with E-state index in [9.17, 15) is 5.11 Å². The van der Waals surface area contributed by atoms with Crippen molar-refractivity contribution in [3.8, 4) is 0 Å². The molecule has 2 atom stereocenters. The summed E-state index contributed by atoms with van der Waals surface area (Å²) in [7, 11) is 0. The highest BCUT2D eigenvalue weighted by atomic mass is 16.6. The molecule has 0 aromatic rings. The van der Waals surface area contributed by atoms with E-state index >= 15 is 0 Å². The fraction of sp³-hybridized carbons (Fsp3) is 1.00. The topological polar surface area (TPSA) is 29.5 Å². The number of hydrogen-bond donors (Lipinski definition) is 1. The van der Waals surface area contributed by atoms with Crippen LogP contribution in [0.2, 0.25) is 0 Å². The first kappa shape index (κ1) is 9.01. The van der Waals surface area contributed by atoms with Crippen molar-refractivity contribution >= 4 is 0 Å². The smallest absolute Gasteiger partial charge is 0.168 e. The van der Waals surface area contributed by atoms with Crippen LogP contribution < -0.4 is 0 Å². The summed E-state index contributed by atoms with van der Waals surface area (Å²) in [5.41, 5.74) is 0. The van der Waals surface area contributed by atoms with Gasteiger partial charge in [0, 0.05) is 18.9 Å². The Labute approximate surface area is 68.6 Å². The normalized spacial score (nSPS) is 35.7. The minimum absolute atomic E-state index is 0.419. The van der Waals surface area contributed by atoms with Gasteiger partial charge in [-0.15, -0.1) is 0 Å². The fourth-order valence-corrected chi connectivity index (χ4v) is 1.50. The molecule has 1 fully saturated rings. The number of ether oxygens (including phenoxy) is 1. The van der Waals surface area contributed by atoms with Crippen LogP contribution in [0.3, 0.4) is 0 Å². The average molecular weight is 158 g/mol. The first-order valence-electron chi connectivity index (χ1n) is 4.59. The van der Waals surface area contributed by atoms with Crippen molar-refractivity contribution in [2.24, 2.45) is 5.92 Å². The summed E-state index contributed by atoms with van der Waals surface area (Å²) in [6.45, 7) is 4.72. The molecule has 2 heteroatoms. The summed E-state index contributed by atoms with van der Waals surface area (Å²) in [5.74, 6) is -0.313. The molecule has 0 aliphatic heterocycles. The van der Waals surface area contributed by atoms with E-state index in [1.807, 2.05) is 6.92 Å². The second kappa shape index (κ2) is 3.55. The van der Waals surface area contributed by atoms with E-state index in [-0.39, 0.29) is 0 Å². The lowest BCUT2D eigenvalue weighted by Gasteiger charge is -2.09. The van der Waals surface area contributed by atoms with Gasteiger partial charge in [-0.25, -0.2) is 0 Å². The van der Waals surface area contributed by atoms with E-state index in [1.54, 1.807) is 0 Å². The van der Waals surface area contributed by atoms with Crippen molar-refractivity contribution in [3.05, 3.63) is 0 Å². The Kier molecular flexibility index (Phi) is 2.90. The third-order valence-corrected chi connectivity index (χ3v) is 2.32. The van der Waals surface area contributed by atoms with E-state index in [1.165, 1.54) is 12.8 Å². The van der Waals surface area contributed by atoms with Gasteiger partial charge in [-0.3, -0.25) is 0 Å². The van der Waals surface area contributed by atoms with Crippen molar-refractivity contribution in [2.45, 2.75) is 45.3 Å². The summed E-state index contributed by atoms with van der Waals surface area (Å²) in [6, 6.07) is 0. The molecule has 1 aliphatic rings. The molecule has 66 valence electrons. The third kappa shape index (κ3) is 2.17. The molecule has 0 heterocycles. The second-order valence-electron chi connectivity index (χ2n) is 3.32. The maximum absolute atomic E-state index is 9.59. The minimum Gasteiger partial charge on any atom is -0.365 e. The van der Waals surface area contributed by atoms with Crippen molar-refractivity contribution in [2.75, 3.05) is 6.61 Å². The monoisotopic (exact) mass is 158 g/mol. The zero-order valence-corrected chi connectivity index (χ0v) is 7.47. The van der Waals surface area contributed by atoms with Crippen molar-refractivity contribution < 1.29 is 9.84 Å². The fourth-order valence-electron chi connectivity index (χ4n) is 1.50. The van der Waals surface area contributed by atoms with Crippen LogP contribution in [0.15, 0.2) is 0 Å². The van der Waals surface area contributed by atoms with Gasteiger partial charge in [0.2, 0.25) is 0 Å². The van der Waals surface area contributed by atoms with Crippen LogP contribution in [0.4, 0.5) is 0 Å². The lowest BCUT2D eigenvalue weighted by molar-refractivity contribution is -0.133. The van der Waals surface area contributed by atoms with Crippen LogP contribution in [0.5, 0.6) is 0 Å². The molecule has 0 saturated heterocycles. The Hall–Kier alpha value is -0.0800. The molecule has 1 saturated carbocycles. The quantitative estimate of drug-likeness (QED) is 0.619. The molecule has 0 aromatic heterocycles. The molecule has 1 N–H and O–H groups in total. The van der Waals surface area contributed by atoms with E-state index in [0.717, 1.165) is 12.8 Å². The first-order chi connectivity index (χ1) is 5.23. The second-order valence-corrected chi connectivity index (χ2v) is 3.32. The van der Waals surface area contributed by atoms with Crippen LogP contribution in [0.1, 0.15) is 39.5 Å². The largest absolute Gasteiger partial charge is 0.365 e. The number of unbranched alkanes of at least 4 members (excludes halogenated alkanes) is 1. The number of aliphatic hydroxyl groups is 1. The van der Waals surface area contributed by atoms with Gasteiger partial charge in [-0.2, -0.15) is 0 Å². The molecule has 0 bridgehead atoms. The molecular weight excluding hydrogens is 140 g/mol. The molecule has 1 rings (SSSR count). The lowest BCUT2D eigenvalue weighted by Crippen LogP contribution is -2.15. The van der Waals surface area contributed by atoms with Gasteiger partial charge in [-0.1, -0.05) is 19.8 Å². The summed E-state index contributed by atoms with van der Waals surface area (Å²) < 4.78 is 5.21. The molecule has 0 spiro atoms. The van der Waals surface area contributed by atoms with Gasteiger partial charge in [0.25, 0.3) is 0 Å².